The Labute approximate surface area is 148 Å². The summed E-state index contributed by atoms with van der Waals surface area (Å²) in [5.41, 5.74) is 2.79. The minimum Gasteiger partial charge on any atom is -0.481 e. The number of aromatic nitrogens is 3. The van der Waals surface area contributed by atoms with Crippen molar-refractivity contribution in [1.82, 2.24) is 25.0 Å². The van der Waals surface area contributed by atoms with Gasteiger partial charge in [-0.1, -0.05) is 0 Å². The molecule has 1 N–H and O–H groups in total. The van der Waals surface area contributed by atoms with Crippen LogP contribution in [0.25, 0.3) is 0 Å². The highest BCUT2D eigenvalue weighted by molar-refractivity contribution is 5.94. The second kappa shape index (κ2) is 7.65. The predicted molar refractivity (Wildman–Crippen MR) is 94.5 cm³/mol. The predicted octanol–water partition coefficient (Wildman–Crippen LogP) is 1.53. The number of likely N-dealkylation sites (tertiary alicyclic amines) is 1. The van der Waals surface area contributed by atoms with Gasteiger partial charge in [-0.2, -0.15) is 5.10 Å². The Morgan fingerprint density at radius 3 is 2.64 bits per heavy atom. The summed E-state index contributed by atoms with van der Waals surface area (Å²) in [5.74, 6) is 0.890. The van der Waals surface area contributed by atoms with Crippen LogP contribution < -0.4 is 10.1 Å². The second-order valence-electron chi connectivity index (χ2n) is 6.38. The third-order valence-corrected chi connectivity index (χ3v) is 4.76. The Morgan fingerprint density at radius 2 is 2.00 bits per heavy atom. The van der Waals surface area contributed by atoms with Crippen molar-refractivity contribution in [3.8, 4) is 5.88 Å². The van der Waals surface area contributed by atoms with Crippen molar-refractivity contribution in [3.05, 3.63) is 41.3 Å². The molecule has 0 aromatic carbocycles. The molecule has 25 heavy (non-hydrogen) atoms. The molecule has 1 amide bonds. The average molecular weight is 343 g/mol. The fourth-order valence-corrected chi connectivity index (χ4v) is 3.35. The molecule has 1 fully saturated rings. The van der Waals surface area contributed by atoms with Crippen molar-refractivity contribution >= 4 is 5.91 Å². The maximum absolute atomic E-state index is 12.5. The molecule has 1 saturated heterocycles. The number of nitrogens with one attached hydrogen (secondary N) is 1. The zero-order valence-electron chi connectivity index (χ0n) is 15.0. The van der Waals surface area contributed by atoms with Crippen LogP contribution in [-0.4, -0.2) is 51.8 Å². The number of hydrogen-bond donors (Lipinski definition) is 1. The van der Waals surface area contributed by atoms with Gasteiger partial charge in [0.25, 0.3) is 5.91 Å². The summed E-state index contributed by atoms with van der Waals surface area (Å²) < 4.78 is 7.20. The summed E-state index contributed by atoms with van der Waals surface area (Å²) in [6, 6.07) is 3.93. The number of rotatable bonds is 5. The van der Waals surface area contributed by atoms with Gasteiger partial charge in [0.15, 0.2) is 0 Å². The lowest BCUT2D eigenvalue weighted by Crippen LogP contribution is -2.44. The SMILES string of the molecule is COc1c(CNC2CCN(C(=O)c3ccncc3)CC2)c(C)nn1C. The fourth-order valence-electron chi connectivity index (χ4n) is 3.35. The van der Waals surface area contributed by atoms with Crippen molar-refractivity contribution in [2.75, 3.05) is 20.2 Å². The number of amides is 1. The summed E-state index contributed by atoms with van der Waals surface area (Å²) in [6.07, 6.45) is 5.20. The van der Waals surface area contributed by atoms with Gasteiger partial charge in [-0.15, -0.1) is 0 Å². The number of carbonyl (C=O) groups excluding carboxylic acids is 1. The molecule has 0 atom stereocenters. The zero-order chi connectivity index (χ0) is 17.8. The van der Waals surface area contributed by atoms with E-state index in [1.807, 2.05) is 18.9 Å². The first kappa shape index (κ1) is 17.4. The molecule has 0 unspecified atom stereocenters. The first-order chi connectivity index (χ1) is 12.1. The van der Waals surface area contributed by atoms with Crippen LogP contribution in [0.4, 0.5) is 0 Å². The standard InChI is InChI=1S/C18H25N5O2/c1-13-16(18(25-3)22(2)21-13)12-20-15-6-10-23(11-7-15)17(24)14-4-8-19-9-5-14/h4-5,8-9,15,20H,6-7,10-12H2,1-3H3. The summed E-state index contributed by atoms with van der Waals surface area (Å²) in [5, 5.41) is 7.99. The van der Waals surface area contributed by atoms with E-state index in [0.29, 0.717) is 11.6 Å². The van der Waals surface area contributed by atoms with E-state index in [0.717, 1.165) is 49.6 Å². The molecular weight excluding hydrogens is 318 g/mol. The van der Waals surface area contributed by atoms with Crippen molar-refractivity contribution in [2.45, 2.75) is 32.4 Å². The average Bonchev–Trinajstić information content (AvgIpc) is 2.93. The lowest BCUT2D eigenvalue weighted by molar-refractivity contribution is 0.0704. The molecule has 7 heteroatoms. The van der Waals surface area contributed by atoms with Crippen molar-refractivity contribution in [2.24, 2.45) is 7.05 Å². The molecular formula is C18H25N5O2. The van der Waals surface area contributed by atoms with Crippen LogP contribution >= 0.6 is 0 Å². The van der Waals surface area contributed by atoms with Crippen molar-refractivity contribution in [1.29, 1.82) is 0 Å². The Balaban J connectivity index is 1.53. The summed E-state index contributed by atoms with van der Waals surface area (Å²) in [4.78, 5) is 18.4. The van der Waals surface area contributed by atoms with Crippen LogP contribution in [0.5, 0.6) is 5.88 Å². The van der Waals surface area contributed by atoms with E-state index in [2.05, 4.69) is 15.4 Å². The first-order valence-corrected chi connectivity index (χ1v) is 8.59. The van der Waals surface area contributed by atoms with Gasteiger partial charge < -0.3 is 15.0 Å². The molecule has 0 aliphatic carbocycles. The molecule has 3 heterocycles. The number of aryl methyl sites for hydroxylation is 2. The highest BCUT2D eigenvalue weighted by Crippen LogP contribution is 2.21. The smallest absolute Gasteiger partial charge is 0.253 e. The Morgan fingerprint density at radius 1 is 1.32 bits per heavy atom. The van der Waals surface area contributed by atoms with E-state index in [4.69, 9.17) is 4.74 Å². The van der Waals surface area contributed by atoms with Crippen LogP contribution in [0.3, 0.4) is 0 Å². The quantitative estimate of drug-likeness (QED) is 0.891. The van der Waals surface area contributed by atoms with Crippen molar-refractivity contribution < 1.29 is 9.53 Å². The lowest BCUT2D eigenvalue weighted by Gasteiger charge is -2.32. The van der Waals surface area contributed by atoms with Gasteiger partial charge in [0.05, 0.1) is 18.4 Å². The third-order valence-electron chi connectivity index (χ3n) is 4.76. The van der Waals surface area contributed by atoms with Crippen LogP contribution in [0.15, 0.2) is 24.5 Å². The van der Waals surface area contributed by atoms with Crippen LogP contribution in [-0.2, 0) is 13.6 Å². The maximum Gasteiger partial charge on any atom is 0.253 e. The van der Waals surface area contributed by atoms with Gasteiger partial charge in [-0.25, -0.2) is 4.68 Å². The molecule has 0 bridgehead atoms. The molecule has 7 nitrogen and oxygen atoms in total. The Bertz CT molecular complexity index is 721. The molecule has 0 spiro atoms. The molecule has 1 aliphatic heterocycles. The minimum atomic E-state index is 0.0885. The van der Waals surface area contributed by atoms with Crippen molar-refractivity contribution in [3.63, 3.8) is 0 Å². The number of carbonyl (C=O) groups is 1. The number of hydrogen-bond acceptors (Lipinski definition) is 5. The van der Waals surface area contributed by atoms with E-state index in [1.165, 1.54) is 0 Å². The number of nitrogens with zero attached hydrogens (tertiary/aromatic N) is 4. The Kier molecular flexibility index (Phi) is 5.33. The summed E-state index contributed by atoms with van der Waals surface area (Å²) >= 11 is 0. The largest absolute Gasteiger partial charge is 0.481 e. The zero-order valence-corrected chi connectivity index (χ0v) is 15.0. The van der Waals surface area contributed by atoms with Gasteiger partial charge in [0.1, 0.15) is 0 Å². The highest BCUT2D eigenvalue weighted by Gasteiger charge is 2.24. The van der Waals surface area contributed by atoms with E-state index >= 15 is 0 Å². The second-order valence-corrected chi connectivity index (χ2v) is 6.38. The number of methoxy groups -OCH3 is 1. The Hall–Kier alpha value is -2.41. The van der Waals surface area contributed by atoms with E-state index < -0.39 is 0 Å². The molecule has 2 aromatic rings. The van der Waals surface area contributed by atoms with Crippen LogP contribution in [0.2, 0.25) is 0 Å². The molecule has 2 aromatic heterocycles. The topological polar surface area (TPSA) is 72.3 Å². The number of ether oxygens (including phenoxy) is 1. The monoisotopic (exact) mass is 343 g/mol. The highest BCUT2D eigenvalue weighted by atomic mass is 16.5. The molecule has 134 valence electrons. The van der Waals surface area contributed by atoms with E-state index in [1.54, 1.807) is 36.3 Å². The van der Waals surface area contributed by atoms with Gasteiger partial charge in [0, 0.05) is 50.7 Å². The number of pyridine rings is 1. The fraction of sp³-hybridized carbons (Fsp3) is 0.500. The minimum absolute atomic E-state index is 0.0885. The van der Waals surface area contributed by atoms with Crippen LogP contribution in [0.1, 0.15) is 34.5 Å². The first-order valence-electron chi connectivity index (χ1n) is 8.59. The maximum atomic E-state index is 12.5. The molecule has 0 saturated carbocycles. The number of piperidine rings is 1. The van der Waals surface area contributed by atoms with E-state index in [9.17, 15) is 4.79 Å². The van der Waals surface area contributed by atoms with E-state index in [-0.39, 0.29) is 5.91 Å². The lowest BCUT2D eigenvalue weighted by atomic mass is 10.0. The van der Waals surface area contributed by atoms with Crippen LogP contribution in [0, 0.1) is 6.92 Å². The molecule has 3 rings (SSSR count). The normalized spacial score (nSPS) is 15.4. The third kappa shape index (κ3) is 3.82. The molecule has 0 radical (unpaired) electrons. The van der Waals surface area contributed by atoms with Gasteiger partial charge in [-0.05, 0) is 31.9 Å². The molecule has 1 aliphatic rings. The summed E-state index contributed by atoms with van der Waals surface area (Å²) in [7, 11) is 3.56. The van der Waals surface area contributed by atoms with Gasteiger partial charge in [0.2, 0.25) is 5.88 Å². The van der Waals surface area contributed by atoms with Gasteiger partial charge in [-0.3, -0.25) is 9.78 Å². The van der Waals surface area contributed by atoms with Gasteiger partial charge >= 0.3 is 0 Å². The summed E-state index contributed by atoms with van der Waals surface area (Å²) in [6.45, 7) is 4.26.